The molecule has 2 atom stereocenters. The van der Waals surface area contributed by atoms with Gasteiger partial charge < -0.3 is 14.2 Å². The molecule has 180 valence electrons. The van der Waals surface area contributed by atoms with Gasteiger partial charge in [-0.3, -0.25) is 0 Å². The fourth-order valence-corrected chi connectivity index (χ4v) is 6.02. The fourth-order valence-electron chi connectivity index (χ4n) is 6.02. The van der Waals surface area contributed by atoms with Crippen LogP contribution in [0.25, 0.3) is 0 Å². The first-order valence-electron chi connectivity index (χ1n) is 12.9. The van der Waals surface area contributed by atoms with Crippen molar-refractivity contribution in [2.45, 2.75) is 96.4 Å². The second kappa shape index (κ2) is 11.4. The van der Waals surface area contributed by atoms with Crippen molar-refractivity contribution in [1.29, 1.82) is 0 Å². The predicted octanol–water partition coefficient (Wildman–Crippen LogP) is 7.30. The van der Waals surface area contributed by atoms with Crippen molar-refractivity contribution in [2.75, 3.05) is 19.8 Å². The summed E-state index contributed by atoms with van der Waals surface area (Å²) in [6, 6.07) is 3.35. The van der Waals surface area contributed by atoms with Crippen LogP contribution in [0.5, 0.6) is 0 Å². The minimum absolute atomic E-state index is 0.0895. The van der Waals surface area contributed by atoms with Crippen molar-refractivity contribution in [3.8, 4) is 0 Å². The first-order chi connectivity index (χ1) is 15.6. The molecule has 3 aliphatic rings. The SMILES string of the molecule is CCCC1CCC(C2CCC(c3ccc(C4OCC(CCC)CO4)c(F)c3F)CO2)CC1. The van der Waals surface area contributed by atoms with Crippen molar-refractivity contribution in [1.82, 2.24) is 0 Å². The van der Waals surface area contributed by atoms with Gasteiger partial charge >= 0.3 is 0 Å². The van der Waals surface area contributed by atoms with Gasteiger partial charge in [0.25, 0.3) is 0 Å². The molecule has 1 aromatic rings. The second-order valence-corrected chi connectivity index (χ2v) is 10.2. The summed E-state index contributed by atoms with van der Waals surface area (Å²) in [5.41, 5.74) is 0.593. The Balaban J connectivity index is 1.32. The summed E-state index contributed by atoms with van der Waals surface area (Å²) >= 11 is 0. The van der Waals surface area contributed by atoms with Crippen LogP contribution in [0.1, 0.15) is 101 Å². The van der Waals surface area contributed by atoms with E-state index in [0.717, 1.165) is 31.6 Å². The minimum Gasteiger partial charge on any atom is -0.377 e. The third-order valence-electron chi connectivity index (χ3n) is 7.92. The molecule has 5 heteroatoms. The molecule has 2 saturated heterocycles. The van der Waals surface area contributed by atoms with E-state index in [4.69, 9.17) is 14.2 Å². The molecule has 3 fully saturated rings. The van der Waals surface area contributed by atoms with Crippen LogP contribution in [0.15, 0.2) is 12.1 Å². The van der Waals surface area contributed by atoms with E-state index in [-0.39, 0.29) is 17.6 Å². The maximum Gasteiger partial charge on any atom is 0.186 e. The first-order valence-corrected chi connectivity index (χ1v) is 12.9. The summed E-state index contributed by atoms with van der Waals surface area (Å²) in [5, 5.41) is 0. The average Bonchev–Trinajstić information content (AvgIpc) is 2.83. The number of rotatable bonds is 7. The highest BCUT2D eigenvalue weighted by atomic mass is 19.2. The summed E-state index contributed by atoms with van der Waals surface area (Å²) in [6.07, 6.45) is 11.1. The average molecular weight is 451 g/mol. The molecule has 0 amide bonds. The number of halogens is 2. The van der Waals surface area contributed by atoms with E-state index in [1.165, 1.54) is 38.5 Å². The highest BCUT2D eigenvalue weighted by Crippen LogP contribution is 2.40. The van der Waals surface area contributed by atoms with Crippen LogP contribution in [0.3, 0.4) is 0 Å². The molecule has 32 heavy (non-hydrogen) atoms. The highest BCUT2D eigenvalue weighted by Gasteiger charge is 2.34. The van der Waals surface area contributed by atoms with Crippen LogP contribution in [-0.4, -0.2) is 25.9 Å². The predicted molar refractivity (Wildman–Crippen MR) is 121 cm³/mol. The van der Waals surface area contributed by atoms with Gasteiger partial charge in [0.05, 0.1) is 25.9 Å². The largest absolute Gasteiger partial charge is 0.377 e. The lowest BCUT2D eigenvalue weighted by atomic mass is 9.75. The number of benzene rings is 1. The number of hydrogen-bond acceptors (Lipinski definition) is 3. The summed E-state index contributed by atoms with van der Waals surface area (Å²) in [7, 11) is 0. The van der Waals surface area contributed by atoms with Crippen molar-refractivity contribution in [3.05, 3.63) is 34.9 Å². The standard InChI is InChI=1S/C27H40F2O3/c1-3-5-18-7-9-20(10-8-18)24-14-11-21(17-30-24)22-12-13-23(26(29)25(22)28)27-31-15-19(6-4-2)16-32-27/h12-13,18-21,24,27H,3-11,14-17H2,1-2H3. The Morgan fingerprint density at radius 3 is 1.97 bits per heavy atom. The van der Waals surface area contributed by atoms with Crippen molar-refractivity contribution >= 4 is 0 Å². The van der Waals surface area contributed by atoms with E-state index in [0.29, 0.717) is 37.2 Å². The van der Waals surface area contributed by atoms with Crippen LogP contribution in [-0.2, 0) is 14.2 Å². The zero-order valence-corrected chi connectivity index (χ0v) is 19.8. The molecule has 1 aromatic carbocycles. The van der Waals surface area contributed by atoms with Crippen LogP contribution < -0.4 is 0 Å². The second-order valence-electron chi connectivity index (χ2n) is 10.2. The Hall–Kier alpha value is -1.04. The molecule has 3 nitrogen and oxygen atoms in total. The monoisotopic (exact) mass is 450 g/mol. The summed E-state index contributed by atoms with van der Waals surface area (Å²) in [4.78, 5) is 0. The smallest absolute Gasteiger partial charge is 0.186 e. The van der Waals surface area contributed by atoms with Gasteiger partial charge in [0.1, 0.15) is 0 Å². The van der Waals surface area contributed by atoms with Crippen molar-refractivity contribution in [2.24, 2.45) is 17.8 Å². The van der Waals surface area contributed by atoms with E-state index < -0.39 is 17.9 Å². The molecule has 2 aliphatic heterocycles. The van der Waals surface area contributed by atoms with Crippen molar-refractivity contribution in [3.63, 3.8) is 0 Å². The lowest BCUT2D eigenvalue weighted by Gasteiger charge is -2.38. The molecule has 0 aromatic heterocycles. The molecule has 1 saturated carbocycles. The molecular formula is C27H40F2O3. The van der Waals surface area contributed by atoms with E-state index in [1.54, 1.807) is 12.1 Å². The zero-order chi connectivity index (χ0) is 22.5. The van der Waals surface area contributed by atoms with Gasteiger partial charge in [0.15, 0.2) is 17.9 Å². The van der Waals surface area contributed by atoms with E-state index >= 15 is 4.39 Å². The number of hydrogen-bond donors (Lipinski definition) is 0. The van der Waals surface area contributed by atoms with Gasteiger partial charge in [-0.25, -0.2) is 8.78 Å². The Bertz CT molecular complexity index is 716. The van der Waals surface area contributed by atoms with E-state index in [2.05, 4.69) is 13.8 Å². The maximum absolute atomic E-state index is 15.0. The number of ether oxygens (including phenoxy) is 3. The Kier molecular flexibility index (Phi) is 8.58. The van der Waals surface area contributed by atoms with Crippen LogP contribution in [0.4, 0.5) is 8.78 Å². The van der Waals surface area contributed by atoms with Crippen LogP contribution in [0, 0.1) is 29.4 Å². The van der Waals surface area contributed by atoms with Gasteiger partial charge in [-0.2, -0.15) is 0 Å². The maximum atomic E-state index is 15.0. The zero-order valence-electron chi connectivity index (χ0n) is 19.8. The molecule has 0 bridgehead atoms. The lowest BCUT2D eigenvalue weighted by Crippen LogP contribution is -2.34. The van der Waals surface area contributed by atoms with Gasteiger partial charge in [0, 0.05) is 17.4 Å². The highest BCUT2D eigenvalue weighted by molar-refractivity contribution is 5.30. The third kappa shape index (κ3) is 5.53. The Morgan fingerprint density at radius 1 is 0.719 bits per heavy atom. The van der Waals surface area contributed by atoms with Gasteiger partial charge in [-0.1, -0.05) is 58.1 Å². The van der Waals surface area contributed by atoms with E-state index in [9.17, 15) is 4.39 Å². The molecular weight excluding hydrogens is 410 g/mol. The Morgan fingerprint density at radius 2 is 1.34 bits per heavy atom. The van der Waals surface area contributed by atoms with Gasteiger partial charge in [-0.15, -0.1) is 0 Å². The van der Waals surface area contributed by atoms with E-state index in [1.807, 2.05) is 0 Å². The van der Waals surface area contributed by atoms with Crippen molar-refractivity contribution < 1.29 is 23.0 Å². The first kappa shape index (κ1) is 24.1. The van der Waals surface area contributed by atoms with Gasteiger partial charge in [-0.05, 0) is 49.5 Å². The molecule has 1 aliphatic carbocycles. The molecule has 2 heterocycles. The molecule has 0 radical (unpaired) electrons. The van der Waals surface area contributed by atoms with Gasteiger partial charge in [0.2, 0.25) is 0 Å². The molecule has 0 spiro atoms. The topological polar surface area (TPSA) is 27.7 Å². The van der Waals surface area contributed by atoms with Crippen LogP contribution >= 0.6 is 0 Å². The summed E-state index contributed by atoms with van der Waals surface area (Å²) in [5.74, 6) is 0.157. The Labute approximate surface area is 192 Å². The molecule has 2 unspecified atom stereocenters. The quantitative estimate of drug-likeness (QED) is 0.436. The summed E-state index contributed by atoms with van der Waals surface area (Å²) in [6.45, 7) is 5.92. The molecule has 0 N–H and O–H groups in total. The normalized spacial score (nSPS) is 33.9. The third-order valence-corrected chi connectivity index (χ3v) is 7.92. The minimum atomic E-state index is -0.835. The summed E-state index contributed by atoms with van der Waals surface area (Å²) < 4.78 is 47.6. The van der Waals surface area contributed by atoms with Crippen LogP contribution in [0.2, 0.25) is 0 Å². The lowest BCUT2D eigenvalue weighted by molar-refractivity contribution is -0.207. The fraction of sp³-hybridized carbons (Fsp3) is 0.778. The molecule has 4 rings (SSSR count).